The predicted molar refractivity (Wildman–Crippen MR) is 362 cm³/mol. The van der Waals surface area contributed by atoms with Gasteiger partial charge in [0.2, 0.25) is 0 Å². The number of ether oxygens (including phenoxy) is 3. The highest BCUT2D eigenvalue weighted by molar-refractivity contribution is 5.71. The van der Waals surface area contributed by atoms with E-state index in [2.05, 4.69) is 81.5 Å². The zero-order chi connectivity index (χ0) is 59.9. The van der Waals surface area contributed by atoms with Crippen LogP contribution in [0.25, 0.3) is 0 Å². The fourth-order valence-electron chi connectivity index (χ4n) is 11.0. The second-order valence-electron chi connectivity index (χ2n) is 24.8. The van der Waals surface area contributed by atoms with Crippen LogP contribution in [0.5, 0.6) is 0 Å². The summed E-state index contributed by atoms with van der Waals surface area (Å²) in [4.78, 5) is 38.5. The van der Waals surface area contributed by atoms with Gasteiger partial charge in [-0.1, -0.05) is 351 Å². The van der Waals surface area contributed by atoms with Crippen molar-refractivity contribution in [3.8, 4) is 0 Å². The van der Waals surface area contributed by atoms with E-state index in [-0.39, 0.29) is 31.1 Å². The van der Waals surface area contributed by atoms with Crippen molar-refractivity contribution in [3.05, 3.63) is 60.8 Å². The van der Waals surface area contributed by atoms with Gasteiger partial charge >= 0.3 is 17.9 Å². The molecule has 1 atom stereocenters. The van der Waals surface area contributed by atoms with Crippen LogP contribution in [0.2, 0.25) is 0 Å². The van der Waals surface area contributed by atoms with Gasteiger partial charge in [0.1, 0.15) is 13.2 Å². The number of hydrogen-bond acceptors (Lipinski definition) is 6. The fourth-order valence-corrected chi connectivity index (χ4v) is 11.0. The third kappa shape index (κ3) is 69.8. The van der Waals surface area contributed by atoms with Gasteiger partial charge in [-0.25, -0.2) is 0 Å². The van der Waals surface area contributed by atoms with Gasteiger partial charge < -0.3 is 14.2 Å². The quantitative estimate of drug-likeness (QED) is 0.0261. The van der Waals surface area contributed by atoms with Crippen LogP contribution < -0.4 is 0 Å². The van der Waals surface area contributed by atoms with Crippen molar-refractivity contribution in [2.45, 2.75) is 399 Å². The summed E-state index contributed by atoms with van der Waals surface area (Å²) in [5, 5.41) is 0. The lowest BCUT2D eigenvalue weighted by Crippen LogP contribution is -2.30. The van der Waals surface area contributed by atoms with Gasteiger partial charge in [0, 0.05) is 19.3 Å². The molecule has 0 aliphatic heterocycles. The third-order valence-corrected chi connectivity index (χ3v) is 16.5. The Morgan fingerprint density at radius 1 is 0.253 bits per heavy atom. The number of carbonyl (C=O) groups is 3. The van der Waals surface area contributed by atoms with Gasteiger partial charge in [-0.15, -0.1) is 0 Å². The van der Waals surface area contributed by atoms with Gasteiger partial charge in [-0.2, -0.15) is 0 Å². The van der Waals surface area contributed by atoms with Crippen molar-refractivity contribution < 1.29 is 28.6 Å². The summed E-state index contributed by atoms with van der Waals surface area (Å²) in [6.45, 7) is 6.59. The van der Waals surface area contributed by atoms with Crippen molar-refractivity contribution in [2.24, 2.45) is 0 Å². The zero-order valence-electron chi connectivity index (χ0n) is 55.7. The molecular formula is C77H140O6. The zero-order valence-corrected chi connectivity index (χ0v) is 55.7. The lowest BCUT2D eigenvalue weighted by Gasteiger charge is -2.18. The number of allylic oxidation sites excluding steroid dienone is 10. The van der Waals surface area contributed by atoms with Crippen LogP contribution in [-0.4, -0.2) is 37.2 Å². The molecule has 0 aromatic rings. The molecule has 0 radical (unpaired) electrons. The smallest absolute Gasteiger partial charge is 0.306 e. The maximum atomic E-state index is 13.0. The number of esters is 3. The topological polar surface area (TPSA) is 78.9 Å². The molecule has 0 spiro atoms. The molecule has 0 rings (SSSR count). The summed E-state index contributed by atoms with van der Waals surface area (Å²) in [5.74, 6) is -0.856. The Hall–Kier alpha value is -2.89. The normalized spacial score (nSPS) is 12.4. The Bertz CT molecular complexity index is 1470. The molecule has 0 heterocycles. The highest BCUT2D eigenvalue weighted by Crippen LogP contribution is 2.19. The molecule has 83 heavy (non-hydrogen) atoms. The molecule has 484 valence electrons. The van der Waals surface area contributed by atoms with Crippen molar-refractivity contribution in [3.63, 3.8) is 0 Å². The van der Waals surface area contributed by atoms with Crippen molar-refractivity contribution in [2.75, 3.05) is 13.2 Å². The maximum absolute atomic E-state index is 13.0. The van der Waals surface area contributed by atoms with Crippen molar-refractivity contribution in [1.29, 1.82) is 0 Å². The summed E-state index contributed by atoms with van der Waals surface area (Å²) >= 11 is 0. The predicted octanol–water partition coefficient (Wildman–Crippen LogP) is 25.5. The summed E-state index contributed by atoms with van der Waals surface area (Å²) < 4.78 is 17.0. The second kappa shape index (κ2) is 71.6. The molecule has 1 unspecified atom stereocenters. The monoisotopic (exact) mass is 1160 g/mol. The largest absolute Gasteiger partial charge is 0.462 e. The molecule has 0 fully saturated rings. The van der Waals surface area contributed by atoms with Crippen molar-refractivity contribution >= 4 is 17.9 Å². The average Bonchev–Trinajstić information content (AvgIpc) is 3.49. The Morgan fingerprint density at radius 2 is 0.470 bits per heavy atom. The first-order valence-electron chi connectivity index (χ1n) is 36.8. The summed E-state index contributed by atoms with van der Waals surface area (Å²) in [6.07, 6.45) is 92.6. The van der Waals surface area contributed by atoms with Crippen LogP contribution in [0.4, 0.5) is 0 Å². The van der Waals surface area contributed by atoms with E-state index in [1.54, 1.807) is 0 Å². The lowest BCUT2D eigenvalue weighted by atomic mass is 10.0. The summed E-state index contributed by atoms with van der Waals surface area (Å²) in [6, 6.07) is 0. The fraction of sp³-hybridized carbons (Fsp3) is 0.831. The molecule has 0 N–H and O–H groups in total. The van der Waals surface area contributed by atoms with Crippen LogP contribution in [-0.2, 0) is 28.6 Å². The number of hydrogen-bond donors (Lipinski definition) is 0. The number of rotatable bonds is 68. The molecule has 0 aromatic carbocycles. The third-order valence-electron chi connectivity index (χ3n) is 16.5. The highest BCUT2D eigenvalue weighted by atomic mass is 16.6. The highest BCUT2D eigenvalue weighted by Gasteiger charge is 2.19. The molecule has 0 aliphatic rings. The van der Waals surface area contributed by atoms with E-state index in [4.69, 9.17) is 14.2 Å². The Labute approximate surface area is 517 Å². The Balaban J connectivity index is 4.27. The standard InChI is InChI=1S/C77H140O6/c1-4-7-10-13-16-19-22-25-28-30-32-34-36-38-40-42-44-46-49-52-55-58-61-64-67-70-76(79)82-73-74(72-81-75(78)69-66-63-60-57-54-51-48-27-24-21-18-15-12-9-6-3)83-77(80)71-68-65-62-59-56-53-50-47-45-43-41-39-37-35-33-31-29-26-23-20-17-14-11-8-5-2/h7,10,16,19,25,27-28,32,34,48,74H,4-6,8-9,11-15,17-18,20-24,26,29-31,33,35-47,49-73H2,1-3H3/b10-7-,19-16-,28-25-,34-32-,48-27-. The molecule has 0 aliphatic carbocycles. The Morgan fingerprint density at radius 3 is 0.747 bits per heavy atom. The van der Waals surface area contributed by atoms with Gasteiger partial charge in [-0.3, -0.25) is 14.4 Å². The molecule has 6 heteroatoms. The first-order valence-corrected chi connectivity index (χ1v) is 36.8. The minimum absolute atomic E-state index is 0.0734. The van der Waals surface area contributed by atoms with Crippen LogP contribution in [0.1, 0.15) is 393 Å². The average molecular weight is 1160 g/mol. The SMILES string of the molecule is CC/C=C\C/C=C\C/C=C\C/C=C\CCCCCCCCCCCCCCC(=O)OCC(COC(=O)CCCCCCC/C=C\CCCCCCCC)OC(=O)CCCCCCCCCCCCCCCCCCCCCCCCCCC. The van der Waals surface area contributed by atoms with Gasteiger partial charge in [0.15, 0.2) is 6.10 Å². The minimum Gasteiger partial charge on any atom is -0.462 e. The van der Waals surface area contributed by atoms with E-state index in [0.717, 1.165) is 89.9 Å². The van der Waals surface area contributed by atoms with Crippen LogP contribution in [0, 0.1) is 0 Å². The molecule has 0 bridgehead atoms. The molecule has 0 aromatic heterocycles. The Kier molecular flexibility index (Phi) is 69.1. The van der Waals surface area contributed by atoms with Gasteiger partial charge in [0.05, 0.1) is 0 Å². The van der Waals surface area contributed by atoms with E-state index in [9.17, 15) is 14.4 Å². The van der Waals surface area contributed by atoms with E-state index in [1.807, 2.05) is 0 Å². The minimum atomic E-state index is -0.778. The molecule has 0 amide bonds. The van der Waals surface area contributed by atoms with Crippen molar-refractivity contribution in [1.82, 2.24) is 0 Å². The lowest BCUT2D eigenvalue weighted by molar-refractivity contribution is -0.167. The summed E-state index contributed by atoms with van der Waals surface area (Å²) in [5.41, 5.74) is 0. The number of unbranched alkanes of at least 4 members (excludes halogenated alkanes) is 47. The van der Waals surface area contributed by atoms with Crippen LogP contribution >= 0.6 is 0 Å². The molecule has 6 nitrogen and oxygen atoms in total. The van der Waals surface area contributed by atoms with E-state index >= 15 is 0 Å². The molecule has 0 saturated heterocycles. The van der Waals surface area contributed by atoms with E-state index in [1.165, 1.54) is 263 Å². The van der Waals surface area contributed by atoms with Crippen LogP contribution in [0.3, 0.4) is 0 Å². The molecular weight excluding hydrogens is 1020 g/mol. The van der Waals surface area contributed by atoms with E-state index in [0.29, 0.717) is 19.3 Å². The van der Waals surface area contributed by atoms with E-state index < -0.39 is 6.10 Å². The van der Waals surface area contributed by atoms with Crippen LogP contribution in [0.15, 0.2) is 60.8 Å². The second-order valence-corrected chi connectivity index (χ2v) is 24.8. The summed E-state index contributed by atoms with van der Waals surface area (Å²) in [7, 11) is 0. The van der Waals surface area contributed by atoms with Gasteiger partial charge in [0.25, 0.3) is 0 Å². The maximum Gasteiger partial charge on any atom is 0.306 e. The van der Waals surface area contributed by atoms with Gasteiger partial charge in [-0.05, 0) is 83.5 Å². The number of carbonyl (C=O) groups excluding carboxylic acids is 3. The molecule has 0 saturated carbocycles. The first-order chi connectivity index (χ1) is 41.0. The first kappa shape index (κ1) is 80.1.